The molecule has 2 aromatic carbocycles. The van der Waals surface area contributed by atoms with Crippen molar-refractivity contribution in [1.29, 1.82) is 0 Å². The summed E-state index contributed by atoms with van der Waals surface area (Å²) in [5.74, 6) is -2.45. The van der Waals surface area contributed by atoms with Crippen molar-refractivity contribution in [2.75, 3.05) is 7.11 Å². The van der Waals surface area contributed by atoms with Crippen molar-refractivity contribution >= 4 is 11.8 Å². The largest absolute Gasteiger partial charge is 0.507 e. The van der Waals surface area contributed by atoms with Crippen LogP contribution in [0.25, 0.3) is 0 Å². The SMILES string of the molecule is COc1cc(O)c(C(=O)O)c(CC(=O)c2ccc(F)cc2)c1. The smallest absolute Gasteiger partial charge is 0.339 e. The van der Waals surface area contributed by atoms with E-state index in [-0.39, 0.29) is 28.9 Å². The first-order chi connectivity index (χ1) is 10.4. The lowest BCUT2D eigenvalue weighted by Gasteiger charge is -2.10. The summed E-state index contributed by atoms with van der Waals surface area (Å²) in [5, 5.41) is 18.9. The number of benzene rings is 2. The molecule has 2 aromatic rings. The third kappa shape index (κ3) is 3.22. The quantitative estimate of drug-likeness (QED) is 0.830. The molecule has 0 radical (unpaired) electrons. The van der Waals surface area contributed by atoms with E-state index in [9.17, 15) is 19.1 Å². The Morgan fingerprint density at radius 2 is 1.82 bits per heavy atom. The molecule has 0 bridgehead atoms. The van der Waals surface area contributed by atoms with E-state index < -0.39 is 23.3 Å². The standard InChI is InChI=1S/C16H13FO5/c1-22-12-6-10(15(16(20)21)14(19)8-12)7-13(18)9-2-4-11(17)5-3-9/h2-6,8,19H,7H2,1H3,(H,20,21). The van der Waals surface area contributed by atoms with E-state index in [1.165, 1.54) is 25.3 Å². The number of aromatic carboxylic acids is 1. The second-order valence-electron chi connectivity index (χ2n) is 4.59. The number of carbonyl (C=O) groups excluding carboxylic acids is 1. The summed E-state index contributed by atoms with van der Waals surface area (Å²) >= 11 is 0. The Morgan fingerprint density at radius 1 is 1.18 bits per heavy atom. The Hall–Kier alpha value is -2.89. The van der Waals surface area contributed by atoms with Crippen LogP contribution in [0.1, 0.15) is 26.3 Å². The number of Topliss-reactive ketones (excluding diaryl/α,β-unsaturated/α-hetero) is 1. The van der Waals surface area contributed by atoms with E-state index >= 15 is 0 Å². The van der Waals surface area contributed by atoms with Crippen LogP contribution < -0.4 is 4.74 Å². The molecule has 0 fully saturated rings. The van der Waals surface area contributed by atoms with Crippen LogP contribution in [0.4, 0.5) is 4.39 Å². The molecule has 0 amide bonds. The van der Waals surface area contributed by atoms with Gasteiger partial charge in [-0.1, -0.05) is 0 Å². The number of carbonyl (C=O) groups is 2. The van der Waals surface area contributed by atoms with Crippen molar-refractivity contribution in [1.82, 2.24) is 0 Å². The highest BCUT2D eigenvalue weighted by molar-refractivity contribution is 6.00. The second-order valence-corrected chi connectivity index (χ2v) is 4.59. The summed E-state index contributed by atoms with van der Waals surface area (Å²) in [4.78, 5) is 23.4. The van der Waals surface area contributed by atoms with Crippen LogP contribution in [-0.4, -0.2) is 29.1 Å². The molecule has 0 heterocycles. The van der Waals surface area contributed by atoms with Crippen molar-refractivity contribution in [2.45, 2.75) is 6.42 Å². The number of phenols is 1. The number of rotatable bonds is 5. The molecule has 0 spiro atoms. The minimum absolute atomic E-state index is 0.124. The maximum Gasteiger partial charge on any atom is 0.339 e. The minimum Gasteiger partial charge on any atom is -0.507 e. The van der Waals surface area contributed by atoms with Gasteiger partial charge in [0.2, 0.25) is 0 Å². The van der Waals surface area contributed by atoms with Gasteiger partial charge in [-0.2, -0.15) is 0 Å². The summed E-state index contributed by atoms with van der Waals surface area (Å²) < 4.78 is 17.8. The number of ether oxygens (including phenoxy) is 1. The molecule has 0 aromatic heterocycles. The van der Waals surface area contributed by atoms with Crippen LogP contribution in [0.3, 0.4) is 0 Å². The molecule has 0 aliphatic heterocycles. The minimum atomic E-state index is -1.35. The molecule has 0 unspecified atom stereocenters. The van der Waals surface area contributed by atoms with Crippen molar-refractivity contribution in [3.05, 3.63) is 58.9 Å². The molecule has 0 aliphatic rings. The van der Waals surface area contributed by atoms with Gasteiger partial charge in [-0.05, 0) is 35.9 Å². The molecule has 0 saturated carbocycles. The van der Waals surface area contributed by atoms with Crippen molar-refractivity contribution in [3.8, 4) is 11.5 Å². The molecule has 22 heavy (non-hydrogen) atoms. The monoisotopic (exact) mass is 304 g/mol. The lowest BCUT2D eigenvalue weighted by molar-refractivity contribution is 0.0692. The Labute approximate surface area is 125 Å². The van der Waals surface area contributed by atoms with Crippen molar-refractivity contribution in [2.24, 2.45) is 0 Å². The summed E-state index contributed by atoms with van der Waals surface area (Å²) in [7, 11) is 1.36. The third-order valence-corrected chi connectivity index (χ3v) is 3.14. The first-order valence-corrected chi connectivity index (χ1v) is 6.34. The zero-order valence-electron chi connectivity index (χ0n) is 11.7. The molecular weight excluding hydrogens is 291 g/mol. The van der Waals surface area contributed by atoms with Gasteiger partial charge in [0.05, 0.1) is 7.11 Å². The number of methoxy groups -OCH3 is 1. The lowest BCUT2D eigenvalue weighted by atomic mass is 9.97. The first kappa shape index (κ1) is 15.5. The number of aromatic hydroxyl groups is 1. The van der Waals surface area contributed by atoms with Gasteiger partial charge in [-0.15, -0.1) is 0 Å². The van der Waals surface area contributed by atoms with Crippen molar-refractivity contribution < 1.29 is 28.9 Å². The number of halogens is 1. The summed E-state index contributed by atoms with van der Waals surface area (Å²) in [5.41, 5.74) is 0.0231. The molecule has 0 saturated heterocycles. The van der Waals surface area contributed by atoms with Gasteiger partial charge in [-0.25, -0.2) is 9.18 Å². The molecule has 0 atom stereocenters. The highest BCUT2D eigenvalue weighted by Crippen LogP contribution is 2.29. The van der Waals surface area contributed by atoms with Gasteiger partial charge in [0, 0.05) is 18.1 Å². The zero-order chi connectivity index (χ0) is 16.3. The van der Waals surface area contributed by atoms with E-state index in [0.29, 0.717) is 0 Å². The predicted octanol–water partition coefficient (Wildman–Crippen LogP) is 2.66. The molecule has 6 heteroatoms. The van der Waals surface area contributed by atoms with Gasteiger partial charge in [0.15, 0.2) is 5.78 Å². The number of hydrogen-bond acceptors (Lipinski definition) is 4. The van der Waals surface area contributed by atoms with Gasteiger partial charge in [0.1, 0.15) is 22.9 Å². The first-order valence-electron chi connectivity index (χ1n) is 6.34. The summed E-state index contributed by atoms with van der Waals surface area (Å²) in [6, 6.07) is 7.47. The Morgan fingerprint density at radius 3 is 2.36 bits per heavy atom. The molecule has 5 nitrogen and oxygen atoms in total. The summed E-state index contributed by atoms with van der Waals surface area (Å²) in [6.07, 6.45) is -0.252. The fourth-order valence-corrected chi connectivity index (χ4v) is 2.07. The van der Waals surface area contributed by atoms with Crippen LogP contribution in [-0.2, 0) is 6.42 Å². The maximum atomic E-state index is 12.9. The molecular formula is C16H13FO5. The number of hydrogen-bond donors (Lipinski definition) is 2. The van der Waals surface area contributed by atoms with Crippen LogP contribution in [0, 0.1) is 5.82 Å². The fourth-order valence-electron chi connectivity index (χ4n) is 2.07. The number of carboxylic acids is 1. The average molecular weight is 304 g/mol. The van der Waals surface area contributed by atoms with Gasteiger partial charge >= 0.3 is 5.97 Å². The Balaban J connectivity index is 2.39. The molecule has 2 rings (SSSR count). The number of ketones is 1. The van der Waals surface area contributed by atoms with Crippen LogP contribution >= 0.6 is 0 Å². The van der Waals surface area contributed by atoms with E-state index in [0.717, 1.165) is 18.2 Å². The zero-order valence-corrected chi connectivity index (χ0v) is 11.7. The molecule has 2 N–H and O–H groups in total. The lowest BCUT2D eigenvalue weighted by Crippen LogP contribution is -2.10. The third-order valence-electron chi connectivity index (χ3n) is 3.14. The molecule has 0 aliphatic carbocycles. The Kier molecular flexibility index (Phi) is 4.41. The Bertz CT molecular complexity index is 722. The second kappa shape index (κ2) is 6.26. The van der Waals surface area contributed by atoms with Crippen LogP contribution in [0.15, 0.2) is 36.4 Å². The van der Waals surface area contributed by atoms with Crippen LogP contribution in [0.5, 0.6) is 11.5 Å². The average Bonchev–Trinajstić information content (AvgIpc) is 2.46. The predicted molar refractivity (Wildman–Crippen MR) is 76.1 cm³/mol. The van der Waals surface area contributed by atoms with Gasteiger partial charge in [-0.3, -0.25) is 4.79 Å². The fraction of sp³-hybridized carbons (Fsp3) is 0.125. The molecule has 114 valence electrons. The van der Waals surface area contributed by atoms with Crippen LogP contribution in [0.2, 0.25) is 0 Å². The normalized spacial score (nSPS) is 10.3. The maximum absolute atomic E-state index is 12.9. The van der Waals surface area contributed by atoms with E-state index in [1.54, 1.807) is 0 Å². The van der Waals surface area contributed by atoms with E-state index in [2.05, 4.69) is 0 Å². The van der Waals surface area contributed by atoms with E-state index in [1.807, 2.05) is 0 Å². The van der Waals surface area contributed by atoms with Crippen molar-refractivity contribution in [3.63, 3.8) is 0 Å². The highest BCUT2D eigenvalue weighted by atomic mass is 19.1. The number of carboxylic acid groups (broad SMARTS) is 1. The highest BCUT2D eigenvalue weighted by Gasteiger charge is 2.20. The van der Waals surface area contributed by atoms with E-state index in [4.69, 9.17) is 9.84 Å². The topological polar surface area (TPSA) is 83.8 Å². The summed E-state index contributed by atoms with van der Waals surface area (Å²) in [6.45, 7) is 0. The van der Waals surface area contributed by atoms with Gasteiger partial charge < -0.3 is 14.9 Å². The van der Waals surface area contributed by atoms with Gasteiger partial charge in [0.25, 0.3) is 0 Å².